The van der Waals surface area contributed by atoms with Crippen LogP contribution >= 0.6 is 35.0 Å². The smallest absolute Gasteiger partial charge is 0.102 e. The Bertz CT molecular complexity index is 600. The summed E-state index contributed by atoms with van der Waals surface area (Å²) in [6.07, 6.45) is 0.905. The average molecular weight is 328 g/mol. The summed E-state index contributed by atoms with van der Waals surface area (Å²) in [6.45, 7) is 10.4. The van der Waals surface area contributed by atoms with Crippen LogP contribution in [-0.2, 0) is 6.42 Å². The highest BCUT2D eigenvalue weighted by atomic mass is 35.5. The van der Waals surface area contributed by atoms with E-state index in [9.17, 15) is 0 Å². The van der Waals surface area contributed by atoms with Crippen molar-refractivity contribution in [2.24, 2.45) is 0 Å². The lowest BCUT2D eigenvalue weighted by molar-refractivity contribution is 0.490. The molecule has 107 valence electrons. The van der Waals surface area contributed by atoms with Crippen molar-refractivity contribution in [3.05, 3.63) is 46.4 Å². The third-order valence-corrected chi connectivity index (χ3v) is 4.47. The molecule has 0 spiro atoms. The van der Waals surface area contributed by atoms with E-state index in [0.717, 1.165) is 22.0 Å². The number of hydrogen-bond donors (Lipinski definition) is 0. The van der Waals surface area contributed by atoms with Gasteiger partial charge in [-0.15, -0.1) is 0 Å². The molecule has 0 amide bonds. The van der Waals surface area contributed by atoms with Gasteiger partial charge in [0.2, 0.25) is 0 Å². The Morgan fingerprint density at radius 2 is 1.85 bits per heavy atom. The number of rotatable bonds is 4. The Kier molecular flexibility index (Phi) is 5.05. The molecule has 1 aromatic carbocycles. The fraction of sp³-hybridized carbons (Fsp3) is 0.333. The van der Waals surface area contributed by atoms with Gasteiger partial charge in [-0.1, -0.05) is 41.9 Å². The summed E-state index contributed by atoms with van der Waals surface area (Å²) in [5.74, 6) is 0. The molecule has 0 unspecified atom stereocenters. The number of hydrogen-bond acceptors (Lipinski definition) is 2. The lowest BCUT2D eigenvalue weighted by Crippen LogP contribution is -2.04. The second-order valence-electron chi connectivity index (χ2n) is 4.83. The van der Waals surface area contributed by atoms with Crippen LogP contribution < -0.4 is 0 Å². The third-order valence-electron chi connectivity index (χ3n) is 2.94. The van der Waals surface area contributed by atoms with E-state index in [1.54, 1.807) is 17.8 Å². The van der Waals surface area contributed by atoms with E-state index in [0.29, 0.717) is 10.0 Å². The van der Waals surface area contributed by atoms with Gasteiger partial charge in [0.1, 0.15) is 5.03 Å². The summed E-state index contributed by atoms with van der Waals surface area (Å²) in [6, 6.07) is 5.85. The Balaban J connectivity index is 2.46. The van der Waals surface area contributed by atoms with Gasteiger partial charge in [0.25, 0.3) is 0 Å². The zero-order valence-electron chi connectivity index (χ0n) is 11.8. The van der Waals surface area contributed by atoms with Crippen LogP contribution in [0.3, 0.4) is 0 Å². The molecule has 1 aromatic heterocycles. The maximum atomic E-state index is 6.07. The molecule has 1 radical (unpaired) electrons. The van der Waals surface area contributed by atoms with E-state index >= 15 is 0 Å². The highest BCUT2D eigenvalue weighted by molar-refractivity contribution is 7.99. The van der Waals surface area contributed by atoms with Crippen molar-refractivity contribution in [2.45, 2.75) is 43.2 Å². The second kappa shape index (κ2) is 6.42. The Hall–Kier alpha value is -0.640. The van der Waals surface area contributed by atoms with Crippen molar-refractivity contribution in [3.63, 3.8) is 0 Å². The predicted octanol–water partition coefficient (Wildman–Crippen LogP) is 5.67. The fourth-order valence-electron chi connectivity index (χ4n) is 2.01. The van der Waals surface area contributed by atoms with Crippen LogP contribution in [-0.4, -0.2) is 9.78 Å². The van der Waals surface area contributed by atoms with E-state index in [4.69, 9.17) is 23.2 Å². The van der Waals surface area contributed by atoms with Crippen LogP contribution in [0.25, 0.3) is 0 Å². The lowest BCUT2D eigenvalue weighted by Gasteiger charge is -2.12. The van der Waals surface area contributed by atoms with Crippen LogP contribution in [0.5, 0.6) is 0 Å². The summed E-state index contributed by atoms with van der Waals surface area (Å²) < 4.78 is 2.01. The van der Waals surface area contributed by atoms with Gasteiger partial charge in [-0.2, -0.15) is 5.10 Å². The van der Waals surface area contributed by atoms with Crippen LogP contribution in [0.4, 0.5) is 0 Å². The molecule has 0 atom stereocenters. The molecular formula is C15H17Cl2N2S. The first-order valence-electron chi connectivity index (χ1n) is 6.49. The largest absolute Gasteiger partial charge is 0.256 e. The van der Waals surface area contributed by atoms with Gasteiger partial charge in [-0.25, -0.2) is 0 Å². The fourth-order valence-corrected chi connectivity index (χ4v) is 3.99. The number of aromatic nitrogens is 2. The first-order valence-corrected chi connectivity index (χ1v) is 8.07. The minimum atomic E-state index is 0.285. The Morgan fingerprint density at radius 1 is 1.25 bits per heavy atom. The molecule has 0 saturated heterocycles. The maximum Gasteiger partial charge on any atom is 0.102 e. The van der Waals surface area contributed by atoms with Gasteiger partial charge in [0, 0.05) is 26.5 Å². The van der Waals surface area contributed by atoms with E-state index in [1.165, 1.54) is 5.56 Å². The summed E-state index contributed by atoms with van der Waals surface area (Å²) in [5, 5.41) is 6.94. The first kappa shape index (κ1) is 15.7. The van der Waals surface area contributed by atoms with Crippen molar-refractivity contribution in [2.75, 3.05) is 0 Å². The van der Waals surface area contributed by atoms with Gasteiger partial charge in [0.05, 0.1) is 5.69 Å². The van der Waals surface area contributed by atoms with Gasteiger partial charge in [0.15, 0.2) is 0 Å². The van der Waals surface area contributed by atoms with E-state index in [2.05, 4.69) is 32.8 Å². The third kappa shape index (κ3) is 3.33. The highest BCUT2D eigenvalue weighted by Gasteiger charge is 2.17. The Labute approximate surface area is 134 Å². The highest BCUT2D eigenvalue weighted by Crippen LogP contribution is 2.36. The van der Waals surface area contributed by atoms with Gasteiger partial charge in [-0.3, -0.25) is 4.68 Å². The van der Waals surface area contributed by atoms with Crippen LogP contribution in [0.15, 0.2) is 28.1 Å². The zero-order chi connectivity index (χ0) is 14.9. The maximum absolute atomic E-state index is 6.07. The second-order valence-corrected chi connectivity index (χ2v) is 6.76. The SMILES string of the molecule is [CH2]c1nn(C(C)C)c(Sc2cc(Cl)cc(Cl)c2)c1CC. The van der Waals surface area contributed by atoms with Crippen LogP contribution in [0, 0.1) is 6.92 Å². The topological polar surface area (TPSA) is 17.8 Å². The van der Waals surface area contributed by atoms with Crippen LogP contribution in [0.2, 0.25) is 10.0 Å². The van der Waals surface area contributed by atoms with Gasteiger partial charge < -0.3 is 0 Å². The van der Waals surface area contributed by atoms with E-state index < -0.39 is 0 Å². The molecule has 2 rings (SSSR count). The summed E-state index contributed by atoms with van der Waals surface area (Å²) in [5.41, 5.74) is 2.02. The molecule has 0 aliphatic rings. The minimum absolute atomic E-state index is 0.285. The summed E-state index contributed by atoms with van der Waals surface area (Å²) in [4.78, 5) is 1.01. The molecule has 5 heteroatoms. The lowest BCUT2D eigenvalue weighted by atomic mass is 10.2. The number of benzene rings is 1. The standard InChI is InChI=1S/C15H17Cl2N2S/c1-5-14-10(4)18-19(9(2)3)15(14)20-13-7-11(16)6-12(17)8-13/h6-9H,4-5H2,1-3H3. The molecular weight excluding hydrogens is 311 g/mol. The molecule has 1 heterocycles. The van der Waals surface area contributed by atoms with Gasteiger partial charge in [-0.05, 0) is 45.4 Å². The predicted molar refractivity (Wildman–Crippen MR) is 87.0 cm³/mol. The Morgan fingerprint density at radius 3 is 2.35 bits per heavy atom. The monoisotopic (exact) mass is 327 g/mol. The normalized spacial score (nSPS) is 11.3. The van der Waals surface area contributed by atoms with Crippen molar-refractivity contribution in [3.8, 4) is 0 Å². The summed E-state index contributed by atoms with van der Waals surface area (Å²) in [7, 11) is 0. The number of nitrogens with zero attached hydrogens (tertiary/aromatic N) is 2. The van der Waals surface area contributed by atoms with Crippen molar-refractivity contribution < 1.29 is 0 Å². The summed E-state index contributed by atoms with van der Waals surface area (Å²) >= 11 is 13.8. The molecule has 0 fully saturated rings. The molecule has 0 bridgehead atoms. The van der Waals surface area contributed by atoms with Crippen molar-refractivity contribution >= 4 is 35.0 Å². The van der Waals surface area contributed by atoms with Crippen LogP contribution in [0.1, 0.15) is 38.1 Å². The molecule has 2 aromatic rings. The van der Waals surface area contributed by atoms with E-state index in [-0.39, 0.29) is 6.04 Å². The van der Waals surface area contributed by atoms with E-state index in [1.807, 2.05) is 16.8 Å². The molecule has 0 N–H and O–H groups in total. The van der Waals surface area contributed by atoms with Gasteiger partial charge >= 0.3 is 0 Å². The zero-order valence-corrected chi connectivity index (χ0v) is 14.1. The molecule has 2 nitrogen and oxygen atoms in total. The molecule has 0 aliphatic carbocycles. The average Bonchev–Trinajstić information content (AvgIpc) is 2.64. The minimum Gasteiger partial charge on any atom is -0.256 e. The molecule has 20 heavy (non-hydrogen) atoms. The van der Waals surface area contributed by atoms with Crippen molar-refractivity contribution in [1.29, 1.82) is 0 Å². The number of halogens is 2. The molecule has 0 aliphatic heterocycles. The van der Waals surface area contributed by atoms with Crippen molar-refractivity contribution in [1.82, 2.24) is 9.78 Å². The first-order chi connectivity index (χ1) is 9.42. The quantitative estimate of drug-likeness (QED) is 0.720. The molecule has 0 saturated carbocycles.